The Morgan fingerprint density at radius 1 is 1.43 bits per heavy atom. The molecule has 0 heterocycles. The van der Waals surface area contributed by atoms with E-state index in [9.17, 15) is 10.1 Å². The van der Waals surface area contributed by atoms with E-state index in [1.807, 2.05) is 6.07 Å². The van der Waals surface area contributed by atoms with E-state index >= 15 is 0 Å². The van der Waals surface area contributed by atoms with Crippen LogP contribution in [0.25, 0.3) is 0 Å². The molecule has 0 amide bonds. The van der Waals surface area contributed by atoms with Gasteiger partial charge in [0, 0.05) is 31.7 Å². The fraction of sp³-hybridized carbons (Fsp3) is 0.600. The van der Waals surface area contributed by atoms with Crippen LogP contribution in [0.15, 0.2) is 22.7 Å². The lowest BCUT2D eigenvalue weighted by molar-refractivity contribution is -0.385. The van der Waals surface area contributed by atoms with Gasteiger partial charge in [-0.25, -0.2) is 0 Å². The SMILES string of the molecule is CN(CCNCc1cccc([N+](=O)[O-])c1Br)C1CCCC1. The Bertz CT molecular complexity index is 490. The molecule has 1 aliphatic carbocycles. The number of nitro benzene ring substituents is 1. The lowest BCUT2D eigenvalue weighted by Crippen LogP contribution is -2.35. The summed E-state index contributed by atoms with van der Waals surface area (Å²) in [6.45, 7) is 2.54. The third-order valence-electron chi connectivity index (χ3n) is 4.16. The van der Waals surface area contributed by atoms with E-state index < -0.39 is 0 Å². The van der Waals surface area contributed by atoms with Crippen LogP contribution in [0.1, 0.15) is 31.2 Å². The fourth-order valence-electron chi connectivity index (χ4n) is 2.85. The van der Waals surface area contributed by atoms with E-state index in [1.54, 1.807) is 6.07 Å². The van der Waals surface area contributed by atoms with Crippen molar-refractivity contribution in [2.24, 2.45) is 0 Å². The number of nitrogens with zero attached hydrogens (tertiary/aromatic N) is 2. The summed E-state index contributed by atoms with van der Waals surface area (Å²) in [5.74, 6) is 0. The molecule has 6 heteroatoms. The molecule has 0 aromatic heterocycles. The maximum atomic E-state index is 10.9. The third kappa shape index (κ3) is 4.49. The van der Waals surface area contributed by atoms with Gasteiger partial charge >= 0.3 is 0 Å². The molecule has 1 aromatic rings. The second-order valence-corrected chi connectivity index (χ2v) is 6.40. The monoisotopic (exact) mass is 355 g/mol. The summed E-state index contributed by atoms with van der Waals surface area (Å²) < 4.78 is 0.576. The summed E-state index contributed by atoms with van der Waals surface area (Å²) in [6, 6.07) is 5.88. The Morgan fingerprint density at radius 2 is 2.14 bits per heavy atom. The molecule has 21 heavy (non-hydrogen) atoms. The quantitative estimate of drug-likeness (QED) is 0.463. The zero-order chi connectivity index (χ0) is 15.2. The molecule has 0 saturated heterocycles. The van der Waals surface area contributed by atoms with E-state index in [4.69, 9.17) is 0 Å². The highest BCUT2D eigenvalue weighted by Crippen LogP contribution is 2.28. The van der Waals surface area contributed by atoms with Crippen molar-refractivity contribution >= 4 is 21.6 Å². The molecular weight excluding hydrogens is 334 g/mol. The van der Waals surface area contributed by atoms with E-state index in [0.717, 1.165) is 24.7 Å². The van der Waals surface area contributed by atoms with Crippen molar-refractivity contribution in [1.29, 1.82) is 0 Å². The lowest BCUT2D eigenvalue weighted by Gasteiger charge is -2.24. The van der Waals surface area contributed by atoms with Gasteiger partial charge in [-0.2, -0.15) is 0 Å². The first-order valence-corrected chi connectivity index (χ1v) is 8.21. The van der Waals surface area contributed by atoms with Gasteiger partial charge in [0.2, 0.25) is 0 Å². The predicted molar refractivity (Wildman–Crippen MR) is 87.4 cm³/mol. The number of hydrogen-bond acceptors (Lipinski definition) is 4. The van der Waals surface area contributed by atoms with Crippen molar-refractivity contribution in [3.8, 4) is 0 Å². The standard InChI is InChI=1S/C15H22BrN3O2/c1-18(13-6-2-3-7-13)10-9-17-11-12-5-4-8-14(15(12)16)19(20)21/h4-5,8,13,17H,2-3,6-7,9-11H2,1H3. The average Bonchev–Trinajstić information content (AvgIpc) is 2.98. The number of rotatable bonds is 7. The summed E-state index contributed by atoms with van der Waals surface area (Å²) in [4.78, 5) is 12.9. The van der Waals surface area contributed by atoms with Crippen LogP contribution < -0.4 is 5.32 Å². The minimum absolute atomic E-state index is 0.123. The zero-order valence-corrected chi connectivity index (χ0v) is 13.9. The van der Waals surface area contributed by atoms with Crippen LogP contribution in [0.2, 0.25) is 0 Å². The molecule has 1 fully saturated rings. The fourth-order valence-corrected chi connectivity index (χ4v) is 3.40. The molecule has 0 aliphatic heterocycles. The highest BCUT2D eigenvalue weighted by atomic mass is 79.9. The summed E-state index contributed by atoms with van der Waals surface area (Å²) in [5.41, 5.74) is 1.05. The van der Waals surface area contributed by atoms with Crippen LogP contribution >= 0.6 is 15.9 Å². The first-order chi connectivity index (χ1) is 10.1. The van der Waals surface area contributed by atoms with E-state index in [-0.39, 0.29) is 10.6 Å². The summed E-state index contributed by atoms with van der Waals surface area (Å²) in [5, 5.41) is 14.3. The first-order valence-electron chi connectivity index (χ1n) is 7.42. The smallest absolute Gasteiger partial charge is 0.283 e. The number of benzene rings is 1. The van der Waals surface area contributed by atoms with Gasteiger partial charge in [0.15, 0.2) is 0 Å². The van der Waals surface area contributed by atoms with Crippen molar-refractivity contribution in [3.05, 3.63) is 38.3 Å². The van der Waals surface area contributed by atoms with Crippen LogP contribution in [0.4, 0.5) is 5.69 Å². The number of nitrogens with one attached hydrogen (secondary N) is 1. The highest BCUT2D eigenvalue weighted by Gasteiger charge is 2.19. The normalized spacial score (nSPS) is 15.8. The maximum absolute atomic E-state index is 10.9. The van der Waals surface area contributed by atoms with Crippen LogP contribution in [0, 0.1) is 10.1 Å². The molecule has 1 aromatic carbocycles. The zero-order valence-electron chi connectivity index (χ0n) is 12.3. The number of likely N-dealkylation sites (N-methyl/N-ethyl adjacent to an activating group) is 1. The Morgan fingerprint density at radius 3 is 2.81 bits per heavy atom. The molecule has 1 saturated carbocycles. The predicted octanol–water partition coefficient (Wildman–Crippen LogP) is 3.32. The Balaban J connectivity index is 1.78. The average molecular weight is 356 g/mol. The van der Waals surface area contributed by atoms with Gasteiger partial charge in [0.25, 0.3) is 5.69 Å². The first kappa shape index (κ1) is 16.4. The van der Waals surface area contributed by atoms with Gasteiger partial charge in [-0.3, -0.25) is 10.1 Å². The summed E-state index contributed by atoms with van der Waals surface area (Å²) in [6.07, 6.45) is 5.33. The molecule has 0 unspecified atom stereocenters. The van der Waals surface area contributed by atoms with Gasteiger partial charge in [-0.15, -0.1) is 0 Å². The molecule has 116 valence electrons. The van der Waals surface area contributed by atoms with Gasteiger partial charge in [0.1, 0.15) is 0 Å². The van der Waals surface area contributed by atoms with Crippen molar-refractivity contribution in [2.45, 2.75) is 38.3 Å². The second-order valence-electron chi connectivity index (χ2n) is 5.60. The topological polar surface area (TPSA) is 58.4 Å². The Labute approximate surface area is 134 Å². The van der Waals surface area contributed by atoms with E-state index in [0.29, 0.717) is 11.0 Å². The summed E-state index contributed by atoms with van der Waals surface area (Å²) >= 11 is 3.32. The Hall–Kier alpha value is -0.980. The van der Waals surface area contributed by atoms with Gasteiger partial charge in [-0.1, -0.05) is 25.0 Å². The van der Waals surface area contributed by atoms with Crippen LogP contribution in [-0.2, 0) is 6.54 Å². The number of halogens is 1. The second kappa shape index (κ2) is 7.87. The molecule has 0 spiro atoms. The molecule has 0 bridgehead atoms. The van der Waals surface area contributed by atoms with E-state index in [2.05, 4.69) is 33.2 Å². The molecule has 1 aliphatic rings. The van der Waals surface area contributed by atoms with Gasteiger partial charge in [-0.05, 0) is 41.4 Å². The van der Waals surface area contributed by atoms with Crippen molar-refractivity contribution in [1.82, 2.24) is 10.2 Å². The molecule has 1 N–H and O–H groups in total. The third-order valence-corrected chi connectivity index (χ3v) is 5.08. The lowest BCUT2D eigenvalue weighted by atomic mass is 10.2. The minimum atomic E-state index is -0.360. The molecule has 5 nitrogen and oxygen atoms in total. The van der Waals surface area contributed by atoms with Gasteiger partial charge in [0.05, 0.1) is 9.40 Å². The Kier molecular flexibility index (Phi) is 6.14. The molecule has 0 atom stereocenters. The van der Waals surface area contributed by atoms with Crippen molar-refractivity contribution in [3.63, 3.8) is 0 Å². The van der Waals surface area contributed by atoms with Crippen LogP contribution in [0.3, 0.4) is 0 Å². The maximum Gasteiger partial charge on any atom is 0.283 e. The summed E-state index contributed by atoms with van der Waals surface area (Å²) in [7, 11) is 2.18. The van der Waals surface area contributed by atoms with Crippen molar-refractivity contribution in [2.75, 3.05) is 20.1 Å². The van der Waals surface area contributed by atoms with E-state index in [1.165, 1.54) is 31.7 Å². The highest BCUT2D eigenvalue weighted by molar-refractivity contribution is 9.10. The largest absolute Gasteiger partial charge is 0.311 e. The van der Waals surface area contributed by atoms with Gasteiger partial charge < -0.3 is 10.2 Å². The molecule has 0 radical (unpaired) electrons. The number of hydrogen-bond donors (Lipinski definition) is 1. The minimum Gasteiger partial charge on any atom is -0.311 e. The molecule has 2 rings (SSSR count). The van der Waals surface area contributed by atoms with Crippen LogP contribution in [0.5, 0.6) is 0 Å². The van der Waals surface area contributed by atoms with Crippen LogP contribution in [-0.4, -0.2) is 36.0 Å². The van der Waals surface area contributed by atoms with Crippen molar-refractivity contribution < 1.29 is 4.92 Å². The number of nitro groups is 1. The molecular formula is C15H22BrN3O2.